The van der Waals surface area contributed by atoms with Crippen molar-refractivity contribution in [2.45, 2.75) is 39.5 Å². The number of thiophene rings is 1. The maximum absolute atomic E-state index is 12.4. The minimum Gasteiger partial charge on any atom is -0.478 e. The van der Waals surface area contributed by atoms with E-state index in [9.17, 15) is 9.59 Å². The van der Waals surface area contributed by atoms with E-state index < -0.39 is 5.97 Å². The second kappa shape index (κ2) is 5.33. The van der Waals surface area contributed by atoms with Crippen molar-refractivity contribution in [3.63, 3.8) is 0 Å². The number of carbonyl (C=O) groups excluding carboxylic acids is 1. The fourth-order valence-corrected chi connectivity index (χ4v) is 3.54. The Morgan fingerprint density at radius 3 is 2.79 bits per heavy atom. The first-order valence-electron chi connectivity index (χ1n) is 6.53. The van der Waals surface area contributed by atoms with Crippen LogP contribution in [0.1, 0.15) is 49.9 Å². The lowest BCUT2D eigenvalue weighted by atomic mass is 9.68. The zero-order chi connectivity index (χ0) is 14.0. The van der Waals surface area contributed by atoms with Gasteiger partial charge >= 0.3 is 5.97 Å². The third-order valence-corrected chi connectivity index (χ3v) is 4.79. The standard InChI is InChI=1S/C14H19NO3S/c1-14(2)7-4-3-5-10(14)11(16)15-12-9(13(17)18)6-8-19-12/h6,8,10H,3-5,7H2,1-2H3,(H,15,16)(H,17,18). The molecule has 2 N–H and O–H groups in total. The summed E-state index contributed by atoms with van der Waals surface area (Å²) in [6.07, 6.45) is 4.15. The van der Waals surface area contributed by atoms with Crippen LogP contribution in [0.2, 0.25) is 0 Å². The number of amides is 1. The van der Waals surface area contributed by atoms with Gasteiger partial charge in [-0.15, -0.1) is 11.3 Å². The number of hydrogen-bond donors (Lipinski definition) is 2. The molecule has 1 atom stereocenters. The number of carbonyl (C=O) groups is 2. The van der Waals surface area contributed by atoms with Crippen LogP contribution < -0.4 is 5.32 Å². The van der Waals surface area contributed by atoms with Gasteiger partial charge in [0.15, 0.2) is 0 Å². The summed E-state index contributed by atoms with van der Waals surface area (Å²) in [5.74, 6) is -1.08. The van der Waals surface area contributed by atoms with Gasteiger partial charge < -0.3 is 10.4 Å². The second-order valence-electron chi connectivity index (χ2n) is 5.74. The highest BCUT2D eigenvalue weighted by molar-refractivity contribution is 7.14. The van der Waals surface area contributed by atoms with E-state index in [2.05, 4.69) is 19.2 Å². The Morgan fingerprint density at radius 2 is 2.16 bits per heavy atom. The molecule has 1 aliphatic rings. The van der Waals surface area contributed by atoms with E-state index in [1.807, 2.05) is 0 Å². The third kappa shape index (κ3) is 2.97. The van der Waals surface area contributed by atoms with E-state index in [1.165, 1.54) is 17.4 Å². The van der Waals surface area contributed by atoms with E-state index in [-0.39, 0.29) is 22.8 Å². The molecule has 5 heteroatoms. The van der Waals surface area contributed by atoms with Crippen molar-refractivity contribution in [2.24, 2.45) is 11.3 Å². The van der Waals surface area contributed by atoms with Gasteiger partial charge in [0.2, 0.25) is 5.91 Å². The quantitative estimate of drug-likeness (QED) is 0.889. The summed E-state index contributed by atoms with van der Waals surface area (Å²) in [6, 6.07) is 1.52. The normalized spacial score (nSPS) is 21.9. The summed E-state index contributed by atoms with van der Waals surface area (Å²) in [6.45, 7) is 4.23. The van der Waals surface area contributed by atoms with E-state index in [0.717, 1.165) is 25.7 Å². The van der Waals surface area contributed by atoms with E-state index in [0.29, 0.717) is 5.00 Å². The van der Waals surface area contributed by atoms with Crippen molar-refractivity contribution >= 4 is 28.2 Å². The highest BCUT2D eigenvalue weighted by atomic mass is 32.1. The van der Waals surface area contributed by atoms with Gasteiger partial charge in [0.05, 0.1) is 5.56 Å². The molecule has 4 nitrogen and oxygen atoms in total. The molecule has 0 radical (unpaired) electrons. The number of hydrogen-bond acceptors (Lipinski definition) is 3. The molecule has 19 heavy (non-hydrogen) atoms. The van der Waals surface area contributed by atoms with Crippen LogP contribution in [0.25, 0.3) is 0 Å². The van der Waals surface area contributed by atoms with Crippen molar-refractivity contribution < 1.29 is 14.7 Å². The minimum atomic E-state index is -1.00. The first kappa shape index (κ1) is 14.1. The Hall–Kier alpha value is -1.36. The predicted octanol–water partition coefficient (Wildman–Crippen LogP) is 3.60. The van der Waals surface area contributed by atoms with Crippen LogP contribution in [-0.4, -0.2) is 17.0 Å². The van der Waals surface area contributed by atoms with E-state index in [4.69, 9.17) is 5.11 Å². The Kier molecular flexibility index (Phi) is 3.94. The third-order valence-electron chi connectivity index (χ3n) is 3.96. The minimum absolute atomic E-state index is 0.0109. The van der Waals surface area contributed by atoms with Gasteiger partial charge in [-0.25, -0.2) is 4.79 Å². The molecule has 2 rings (SSSR count). The van der Waals surface area contributed by atoms with Gasteiger partial charge in [-0.3, -0.25) is 4.79 Å². The molecule has 1 unspecified atom stereocenters. The molecular weight excluding hydrogens is 262 g/mol. The van der Waals surface area contributed by atoms with E-state index >= 15 is 0 Å². The summed E-state index contributed by atoms with van der Waals surface area (Å²) in [7, 11) is 0. The largest absolute Gasteiger partial charge is 0.478 e. The molecule has 0 saturated heterocycles. The highest BCUT2D eigenvalue weighted by Crippen LogP contribution is 2.41. The fraction of sp³-hybridized carbons (Fsp3) is 0.571. The molecule has 0 bridgehead atoms. The summed E-state index contributed by atoms with van der Waals surface area (Å²) in [5, 5.41) is 14.0. The molecular formula is C14H19NO3S. The van der Waals surface area contributed by atoms with Crippen molar-refractivity contribution in [2.75, 3.05) is 5.32 Å². The number of rotatable bonds is 3. The number of nitrogens with one attached hydrogen (secondary N) is 1. The first-order chi connectivity index (χ1) is 8.92. The van der Waals surface area contributed by atoms with Crippen LogP contribution in [-0.2, 0) is 4.79 Å². The first-order valence-corrected chi connectivity index (χ1v) is 7.41. The molecule has 104 valence electrons. The second-order valence-corrected chi connectivity index (χ2v) is 6.66. The van der Waals surface area contributed by atoms with Crippen LogP contribution in [0.15, 0.2) is 11.4 Å². The average molecular weight is 281 g/mol. The van der Waals surface area contributed by atoms with Crippen molar-refractivity contribution in [3.05, 3.63) is 17.0 Å². The molecule has 0 aliphatic heterocycles. The zero-order valence-corrected chi connectivity index (χ0v) is 12.0. The van der Waals surface area contributed by atoms with Crippen LogP contribution in [0.4, 0.5) is 5.00 Å². The van der Waals surface area contributed by atoms with Gasteiger partial charge in [-0.2, -0.15) is 0 Å². The van der Waals surface area contributed by atoms with Crippen molar-refractivity contribution in [1.82, 2.24) is 0 Å². The lowest BCUT2D eigenvalue weighted by Gasteiger charge is -2.37. The number of carboxylic acid groups (broad SMARTS) is 1. The molecule has 1 aromatic rings. The van der Waals surface area contributed by atoms with Crippen molar-refractivity contribution in [3.8, 4) is 0 Å². The Bertz CT molecular complexity index is 493. The average Bonchev–Trinajstić information content (AvgIpc) is 2.76. The summed E-state index contributed by atoms with van der Waals surface area (Å²) < 4.78 is 0. The number of anilines is 1. The zero-order valence-electron chi connectivity index (χ0n) is 11.2. The lowest BCUT2D eigenvalue weighted by molar-refractivity contribution is -0.124. The van der Waals surface area contributed by atoms with Gasteiger partial charge in [0.1, 0.15) is 5.00 Å². The van der Waals surface area contributed by atoms with Crippen LogP contribution in [0, 0.1) is 11.3 Å². The van der Waals surface area contributed by atoms with Crippen molar-refractivity contribution in [1.29, 1.82) is 0 Å². The molecule has 0 aromatic carbocycles. The summed E-state index contributed by atoms with van der Waals surface area (Å²) in [5.41, 5.74) is 0.162. The Labute approximate surface area is 116 Å². The van der Waals surface area contributed by atoms with Gasteiger partial charge in [0, 0.05) is 5.92 Å². The Morgan fingerprint density at radius 1 is 1.42 bits per heavy atom. The van der Waals surface area contributed by atoms with Crippen LogP contribution in [0.3, 0.4) is 0 Å². The smallest absolute Gasteiger partial charge is 0.338 e. The topological polar surface area (TPSA) is 66.4 Å². The molecule has 1 amide bonds. The van der Waals surface area contributed by atoms with Gasteiger partial charge in [0.25, 0.3) is 0 Å². The maximum Gasteiger partial charge on any atom is 0.338 e. The monoisotopic (exact) mass is 281 g/mol. The molecule has 1 fully saturated rings. The molecule has 1 saturated carbocycles. The molecule has 0 spiro atoms. The van der Waals surface area contributed by atoms with Crippen LogP contribution >= 0.6 is 11.3 Å². The van der Waals surface area contributed by atoms with Gasteiger partial charge in [-0.1, -0.05) is 26.7 Å². The fourth-order valence-electron chi connectivity index (χ4n) is 2.75. The van der Waals surface area contributed by atoms with Crippen LogP contribution in [0.5, 0.6) is 0 Å². The SMILES string of the molecule is CC1(C)CCCCC1C(=O)Nc1sccc1C(=O)O. The maximum atomic E-state index is 12.4. The number of aromatic carboxylic acids is 1. The molecule has 1 aliphatic carbocycles. The van der Waals surface area contributed by atoms with E-state index in [1.54, 1.807) is 5.38 Å². The van der Waals surface area contributed by atoms with Gasteiger partial charge in [-0.05, 0) is 29.7 Å². The summed E-state index contributed by atoms with van der Waals surface area (Å²) >= 11 is 1.26. The molecule has 1 aromatic heterocycles. The highest BCUT2D eigenvalue weighted by Gasteiger charge is 2.37. The lowest BCUT2D eigenvalue weighted by Crippen LogP contribution is -2.37. The molecule has 1 heterocycles. The Balaban J connectivity index is 2.12. The predicted molar refractivity (Wildman–Crippen MR) is 75.6 cm³/mol. The summed E-state index contributed by atoms with van der Waals surface area (Å²) in [4.78, 5) is 23.4. The number of carboxylic acids is 1.